The van der Waals surface area contributed by atoms with Gasteiger partial charge in [0.15, 0.2) is 5.13 Å². The van der Waals surface area contributed by atoms with Crippen molar-refractivity contribution in [2.75, 3.05) is 5.32 Å². The molecule has 0 saturated heterocycles. The van der Waals surface area contributed by atoms with Crippen LogP contribution >= 0.6 is 11.3 Å². The van der Waals surface area contributed by atoms with Gasteiger partial charge in [-0.15, -0.1) is 11.3 Å². The summed E-state index contributed by atoms with van der Waals surface area (Å²) >= 11 is 1.42. The molecule has 1 aliphatic rings. The number of thiazole rings is 1. The van der Waals surface area contributed by atoms with Crippen molar-refractivity contribution in [3.05, 3.63) is 51.0 Å². The standard InChI is InChI=1S/C21H24N4O2S/c1-13(2)17-12-28-21(23-17)24-19(26)14-8-9-15-16(11-14)22-18-7-5-3-4-6-10-25(18)20(15)27/h8-9,11-13H,3-7,10H2,1-2H3,(H,23,24,26). The van der Waals surface area contributed by atoms with E-state index in [1.807, 2.05) is 9.95 Å². The zero-order valence-corrected chi connectivity index (χ0v) is 17.0. The van der Waals surface area contributed by atoms with Crippen molar-refractivity contribution < 1.29 is 4.79 Å². The lowest BCUT2D eigenvalue weighted by atomic mass is 10.1. The van der Waals surface area contributed by atoms with E-state index in [9.17, 15) is 9.59 Å². The van der Waals surface area contributed by atoms with Crippen LogP contribution in [0, 0.1) is 0 Å². The Morgan fingerprint density at radius 2 is 2.00 bits per heavy atom. The third kappa shape index (κ3) is 3.71. The lowest BCUT2D eigenvalue weighted by Gasteiger charge is -2.16. The van der Waals surface area contributed by atoms with E-state index < -0.39 is 0 Å². The minimum absolute atomic E-state index is 0.00430. The van der Waals surface area contributed by atoms with Crippen LogP contribution in [0.1, 0.15) is 67.3 Å². The molecule has 1 amide bonds. The maximum absolute atomic E-state index is 12.9. The summed E-state index contributed by atoms with van der Waals surface area (Å²) in [6.45, 7) is 4.86. The van der Waals surface area contributed by atoms with E-state index in [4.69, 9.17) is 4.98 Å². The van der Waals surface area contributed by atoms with Gasteiger partial charge in [0, 0.05) is 23.9 Å². The fourth-order valence-corrected chi connectivity index (χ4v) is 4.38. The predicted molar refractivity (Wildman–Crippen MR) is 112 cm³/mol. The largest absolute Gasteiger partial charge is 0.298 e. The molecule has 0 bridgehead atoms. The first-order valence-corrected chi connectivity index (χ1v) is 10.7. The molecular formula is C21H24N4O2S. The van der Waals surface area contributed by atoms with Crippen molar-refractivity contribution >= 4 is 33.3 Å². The van der Waals surface area contributed by atoms with E-state index >= 15 is 0 Å². The summed E-state index contributed by atoms with van der Waals surface area (Å²) in [5, 5.41) is 5.96. The fraction of sp³-hybridized carbons (Fsp3) is 0.429. The predicted octanol–water partition coefficient (Wildman–Crippen LogP) is 4.35. The summed E-state index contributed by atoms with van der Waals surface area (Å²) in [7, 11) is 0. The number of hydrogen-bond acceptors (Lipinski definition) is 5. The average Bonchev–Trinajstić information content (AvgIpc) is 3.12. The molecule has 0 unspecified atom stereocenters. The van der Waals surface area contributed by atoms with E-state index in [0.717, 1.165) is 43.7 Å². The molecule has 0 spiro atoms. The molecule has 0 aliphatic carbocycles. The van der Waals surface area contributed by atoms with Crippen LogP contribution in [-0.2, 0) is 13.0 Å². The van der Waals surface area contributed by atoms with Gasteiger partial charge in [0.25, 0.3) is 11.5 Å². The average molecular weight is 397 g/mol. The first-order valence-electron chi connectivity index (χ1n) is 9.83. The topological polar surface area (TPSA) is 76.9 Å². The number of carbonyl (C=O) groups is 1. The molecule has 0 fully saturated rings. The zero-order chi connectivity index (χ0) is 19.7. The Labute approximate surface area is 167 Å². The third-order valence-electron chi connectivity index (χ3n) is 5.16. The number of hydrogen-bond donors (Lipinski definition) is 1. The SMILES string of the molecule is CC(C)c1csc(NC(=O)c2ccc3c(=O)n4c(nc3c2)CCCCCC4)n1. The van der Waals surface area contributed by atoms with Gasteiger partial charge in [0.1, 0.15) is 5.82 Å². The molecule has 146 valence electrons. The van der Waals surface area contributed by atoms with Crippen LogP contribution in [0.2, 0.25) is 0 Å². The number of anilines is 1. The van der Waals surface area contributed by atoms with E-state index in [-0.39, 0.29) is 11.5 Å². The van der Waals surface area contributed by atoms with Gasteiger partial charge in [-0.05, 0) is 37.0 Å². The molecule has 0 saturated carbocycles. The number of benzene rings is 1. The van der Waals surface area contributed by atoms with Crippen LogP contribution in [-0.4, -0.2) is 20.4 Å². The number of fused-ring (bicyclic) bond motifs is 2. The highest BCUT2D eigenvalue weighted by Crippen LogP contribution is 2.22. The number of aryl methyl sites for hydroxylation is 1. The molecule has 1 N–H and O–H groups in total. The third-order valence-corrected chi connectivity index (χ3v) is 5.94. The van der Waals surface area contributed by atoms with E-state index in [0.29, 0.717) is 27.5 Å². The molecule has 3 aromatic rings. The van der Waals surface area contributed by atoms with Gasteiger partial charge in [-0.2, -0.15) is 0 Å². The highest BCUT2D eigenvalue weighted by atomic mass is 32.1. The van der Waals surface area contributed by atoms with Crippen LogP contribution < -0.4 is 10.9 Å². The fourth-order valence-electron chi connectivity index (χ4n) is 3.51. The Morgan fingerprint density at radius 1 is 1.18 bits per heavy atom. The van der Waals surface area contributed by atoms with Crippen molar-refractivity contribution in [1.82, 2.24) is 14.5 Å². The molecule has 0 atom stereocenters. The normalized spacial score (nSPS) is 14.5. The molecule has 0 radical (unpaired) electrons. The molecule has 2 aromatic heterocycles. The van der Waals surface area contributed by atoms with Gasteiger partial charge in [0.2, 0.25) is 0 Å². The Balaban J connectivity index is 1.65. The molecule has 28 heavy (non-hydrogen) atoms. The number of aromatic nitrogens is 3. The first-order chi connectivity index (χ1) is 13.5. The number of nitrogens with zero attached hydrogens (tertiary/aromatic N) is 3. The van der Waals surface area contributed by atoms with E-state index in [2.05, 4.69) is 24.1 Å². The summed E-state index contributed by atoms with van der Waals surface area (Å²) < 4.78 is 1.81. The van der Waals surface area contributed by atoms with Gasteiger partial charge in [0.05, 0.1) is 16.6 Å². The van der Waals surface area contributed by atoms with Crippen LogP contribution in [0.15, 0.2) is 28.4 Å². The maximum Gasteiger partial charge on any atom is 0.261 e. The number of nitrogens with one attached hydrogen (secondary N) is 1. The van der Waals surface area contributed by atoms with Crippen molar-refractivity contribution in [1.29, 1.82) is 0 Å². The molecule has 1 aliphatic heterocycles. The summed E-state index contributed by atoms with van der Waals surface area (Å²) in [5.41, 5.74) is 2.03. The number of amides is 1. The maximum atomic E-state index is 12.9. The molecule has 7 heteroatoms. The van der Waals surface area contributed by atoms with Crippen molar-refractivity contribution in [2.24, 2.45) is 0 Å². The van der Waals surface area contributed by atoms with Gasteiger partial charge in [-0.3, -0.25) is 19.5 Å². The molecule has 1 aromatic carbocycles. The Morgan fingerprint density at radius 3 is 2.79 bits per heavy atom. The van der Waals surface area contributed by atoms with Crippen molar-refractivity contribution in [2.45, 2.75) is 58.4 Å². The summed E-state index contributed by atoms with van der Waals surface area (Å²) in [5.74, 6) is 0.913. The molecule has 4 rings (SSSR count). The number of rotatable bonds is 3. The first kappa shape index (κ1) is 18.8. The molecule has 6 nitrogen and oxygen atoms in total. The Kier molecular flexibility index (Phi) is 5.26. The van der Waals surface area contributed by atoms with Gasteiger partial charge >= 0.3 is 0 Å². The second-order valence-corrected chi connectivity index (χ2v) is 8.43. The monoisotopic (exact) mass is 396 g/mol. The van der Waals surface area contributed by atoms with E-state index in [1.165, 1.54) is 17.8 Å². The minimum atomic E-state index is -0.236. The quantitative estimate of drug-likeness (QED) is 0.714. The smallest absolute Gasteiger partial charge is 0.261 e. The molecular weight excluding hydrogens is 372 g/mol. The number of carbonyl (C=O) groups excluding carboxylic acids is 1. The second-order valence-electron chi connectivity index (χ2n) is 7.57. The van der Waals surface area contributed by atoms with Crippen LogP contribution in [0.4, 0.5) is 5.13 Å². The van der Waals surface area contributed by atoms with Crippen LogP contribution in [0.3, 0.4) is 0 Å². The van der Waals surface area contributed by atoms with E-state index in [1.54, 1.807) is 18.2 Å². The lowest BCUT2D eigenvalue weighted by Crippen LogP contribution is -2.26. The van der Waals surface area contributed by atoms with Crippen molar-refractivity contribution in [3.63, 3.8) is 0 Å². The zero-order valence-electron chi connectivity index (χ0n) is 16.2. The Hall–Kier alpha value is -2.54. The highest BCUT2D eigenvalue weighted by Gasteiger charge is 2.16. The van der Waals surface area contributed by atoms with Gasteiger partial charge in [-0.25, -0.2) is 9.97 Å². The van der Waals surface area contributed by atoms with Gasteiger partial charge < -0.3 is 0 Å². The molecule has 3 heterocycles. The van der Waals surface area contributed by atoms with Crippen LogP contribution in [0.5, 0.6) is 0 Å². The second kappa shape index (κ2) is 7.83. The van der Waals surface area contributed by atoms with Gasteiger partial charge in [-0.1, -0.05) is 26.7 Å². The summed E-state index contributed by atoms with van der Waals surface area (Å²) in [6.07, 6.45) is 5.17. The lowest BCUT2D eigenvalue weighted by molar-refractivity contribution is 0.102. The highest BCUT2D eigenvalue weighted by molar-refractivity contribution is 7.14. The Bertz CT molecular complexity index is 1080. The van der Waals surface area contributed by atoms with Crippen LogP contribution in [0.25, 0.3) is 10.9 Å². The summed E-state index contributed by atoms with van der Waals surface area (Å²) in [6, 6.07) is 5.11. The van der Waals surface area contributed by atoms with Crippen molar-refractivity contribution in [3.8, 4) is 0 Å². The minimum Gasteiger partial charge on any atom is -0.298 e. The summed E-state index contributed by atoms with van der Waals surface area (Å²) in [4.78, 5) is 34.7.